The average Bonchev–Trinajstić information content (AvgIpc) is 2.45. The largest absolute Gasteiger partial charge is 0.492 e. The van der Waals surface area contributed by atoms with E-state index in [2.05, 4.69) is 0 Å². The van der Waals surface area contributed by atoms with Gasteiger partial charge >= 0.3 is 5.97 Å². The number of carboxylic acid groups (broad SMARTS) is 1. The van der Waals surface area contributed by atoms with Crippen molar-refractivity contribution in [1.29, 1.82) is 0 Å². The molecule has 1 aliphatic rings. The fraction of sp³-hybridized carbons (Fsp3) is 0.500. The highest BCUT2D eigenvalue weighted by Gasteiger charge is 2.32. The van der Waals surface area contributed by atoms with Gasteiger partial charge < -0.3 is 20.3 Å². The van der Waals surface area contributed by atoms with Crippen LogP contribution >= 0.6 is 0 Å². The maximum absolute atomic E-state index is 13.5. The molecule has 1 fully saturated rings. The van der Waals surface area contributed by atoms with Crippen LogP contribution in [0, 0.1) is 11.2 Å². The molecule has 5 nitrogen and oxygen atoms in total. The Morgan fingerprint density at radius 1 is 1.45 bits per heavy atom. The van der Waals surface area contributed by atoms with Crippen LogP contribution in [0.25, 0.3) is 0 Å². The summed E-state index contributed by atoms with van der Waals surface area (Å²) in [6, 6.07) is 3.98. The topological polar surface area (TPSA) is 81.8 Å². The normalized spacial score (nSPS) is 17.7. The van der Waals surface area contributed by atoms with E-state index in [0.717, 1.165) is 18.9 Å². The van der Waals surface area contributed by atoms with E-state index >= 15 is 0 Å². The highest BCUT2D eigenvalue weighted by molar-refractivity contribution is 5.91. The number of ether oxygens (including phenoxy) is 2. The van der Waals surface area contributed by atoms with Crippen molar-refractivity contribution >= 4 is 5.97 Å². The van der Waals surface area contributed by atoms with Crippen molar-refractivity contribution in [3.8, 4) is 5.75 Å². The number of hydrogen-bond donors (Lipinski definition) is 2. The Morgan fingerprint density at radius 3 is 2.75 bits per heavy atom. The summed E-state index contributed by atoms with van der Waals surface area (Å²) in [7, 11) is 0. The van der Waals surface area contributed by atoms with Crippen molar-refractivity contribution < 1.29 is 23.8 Å². The molecule has 2 rings (SSSR count). The minimum atomic E-state index is -1.34. The van der Waals surface area contributed by atoms with E-state index in [0.29, 0.717) is 19.8 Å². The van der Waals surface area contributed by atoms with Crippen molar-refractivity contribution in [2.24, 2.45) is 11.1 Å². The first-order valence-corrected chi connectivity index (χ1v) is 6.50. The van der Waals surface area contributed by atoms with E-state index in [1.54, 1.807) is 0 Å². The van der Waals surface area contributed by atoms with Gasteiger partial charge in [-0.15, -0.1) is 0 Å². The molecule has 110 valence electrons. The molecule has 0 saturated carbocycles. The van der Waals surface area contributed by atoms with Crippen molar-refractivity contribution in [3.63, 3.8) is 0 Å². The lowest BCUT2D eigenvalue weighted by Gasteiger charge is -2.35. The van der Waals surface area contributed by atoms with Gasteiger partial charge in [0, 0.05) is 25.2 Å². The minimum Gasteiger partial charge on any atom is -0.492 e. The maximum atomic E-state index is 13.5. The number of halogens is 1. The molecule has 0 amide bonds. The smallest absolute Gasteiger partial charge is 0.342 e. The van der Waals surface area contributed by atoms with Gasteiger partial charge in [0.15, 0.2) is 0 Å². The summed E-state index contributed by atoms with van der Waals surface area (Å²) in [5.74, 6) is -2.10. The number of benzene rings is 1. The van der Waals surface area contributed by atoms with Crippen LogP contribution < -0.4 is 10.5 Å². The number of nitrogens with two attached hydrogens (primary N) is 1. The molecule has 6 heteroatoms. The van der Waals surface area contributed by atoms with Crippen molar-refractivity contribution in [2.75, 3.05) is 26.4 Å². The molecule has 20 heavy (non-hydrogen) atoms. The standard InChI is InChI=1S/C14H18FNO4/c15-10-2-1-3-11(12(10)13(17)18)20-9-14(8-16)4-6-19-7-5-14/h1-3H,4-9,16H2,(H,17,18). The first-order valence-electron chi connectivity index (χ1n) is 6.50. The molecular formula is C14H18FNO4. The van der Waals surface area contributed by atoms with Crippen LogP contribution in [0.4, 0.5) is 4.39 Å². The molecule has 0 unspecified atom stereocenters. The summed E-state index contributed by atoms with van der Waals surface area (Å²) in [6.07, 6.45) is 1.50. The highest BCUT2D eigenvalue weighted by atomic mass is 19.1. The first kappa shape index (κ1) is 14.7. The van der Waals surface area contributed by atoms with Crippen molar-refractivity contribution in [2.45, 2.75) is 12.8 Å². The molecule has 0 radical (unpaired) electrons. The van der Waals surface area contributed by atoms with E-state index < -0.39 is 17.3 Å². The molecule has 0 spiro atoms. The van der Waals surface area contributed by atoms with Gasteiger partial charge in [0.2, 0.25) is 0 Å². The molecule has 1 heterocycles. The molecule has 1 saturated heterocycles. The second-order valence-electron chi connectivity index (χ2n) is 5.02. The van der Waals surface area contributed by atoms with E-state index in [-0.39, 0.29) is 17.8 Å². The third-order valence-electron chi connectivity index (χ3n) is 3.71. The second-order valence-corrected chi connectivity index (χ2v) is 5.02. The zero-order valence-electron chi connectivity index (χ0n) is 11.1. The minimum absolute atomic E-state index is 0.0387. The molecule has 1 aliphatic heterocycles. The van der Waals surface area contributed by atoms with Crippen LogP contribution in [0.3, 0.4) is 0 Å². The third-order valence-corrected chi connectivity index (χ3v) is 3.71. The van der Waals surface area contributed by atoms with Crippen LogP contribution in [0.2, 0.25) is 0 Å². The molecular weight excluding hydrogens is 265 g/mol. The lowest BCUT2D eigenvalue weighted by Crippen LogP contribution is -2.41. The van der Waals surface area contributed by atoms with E-state index in [1.807, 2.05) is 0 Å². The quantitative estimate of drug-likeness (QED) is 0.858. The summed E-state index contributed by atoms with van der Waals surface area (Å²) in [5.41, 5.74) is 5.13. The van der Waals surface area contributed by atoms with Gasteiger partial charge in [-0.1, -0.05) is 6.07 Å². The van der Waals surface area contributed by atoms with E-state index in [9.17, 15) is 9.18 Å². The summed E-state index contributed by atoms with van der Waals surface area (Å²) in [5, 5.41) is 9.04. The molecule has 0 bridgehead atoms. The summed E-state index contributed by atoms with van der Waals surface area (Å²) in [6.45, 7) is 1.90. The lowest BCUT2D eigenvalue weighted by molar-refractivity contribution is -0.00532. The van der Waals surface area contributed by atoms with Crippen molar-refractivity contribution in [1.82, 2.24) is 0 Å². The van der Waals surface area contributed by atoms with Crippen LogP contribution in [0.15, 0.2) is 18.2 Å². The van der Waals surface area contributed by atoms with E-state index in [1.165, 1.54) is 12.1 Å². The fourth-order valence-corrected chi connectivity index (χ4v) is 2.27. The molecule has 3 N–H and O–H groups in total. The van der Waals surface area contributed by atoms with Gasteiger partial charge in [0.1, 0.15) is 17.1 Å². The number of hydrogen-bond acceptors (Lipinski definition) is 4. The Balaban J connectivity index is 2.14. The summed E-state index contributed by atoms with van der Waals surface area (Å²) >= 11 is 0. The third kappa shape index (κ3) is 3.08. The Morgan fingerprint density at radius 2 is 2.15 bits per heavy atom. The van der Waals surface area contributed by atoms with Crippen LogP contribution in [-0.4, -0.2) is 37.4 Å². The van der Waals surface area contributed by atoms with Gasteiger partial charge in [0.05, 0.1) is 6.61 Å². The predicted molar refractivity (Wildman–Crippen MR) is 70.4 cm³/mol. The Kier molecular flexibility index (Phi) is 4.57. The fourth-order valence-electron chi connectivity index (χ4n) is 2.27. The van der Waals surface area contributed by atoms with Gasteiger partial charge in [-0.05, 0) is 25.0 Å². The Hall–Kier alpha value is -1.66. The summed E-state index contributed by atoms with van der Waals surface area (Å²) in [4.78, 5) is 11.1. The Labute approximate surface area is 116 Å². The van der Waals surface area contributed by atoms with E-state index in [4.69, 9.17) is 20.3 Å². The molecule has 1 aromatic rings. The number of carbonyl (C=O) groups is 1. The van der Waals surface area contributed by atoms with Crippen LogP contribution in [-0.2, 0) is 4.74 Å². The molecule has 0 aliphatic carbocycles. The summed E-state index contributed by atoms with van der Waals surface area (Å²) < 4.78 is 24.4. The zero-order valence-corrected chi connectivity index (χ0v) is 11.1. The molecule has 0 atom stereocenters. The van der Waals surface area contributed by atoms with Gasteiger partial charge in [-0.25, -0.2) is 9.18 Å². The molecule has 0 aromatic heterocycles. The van der Waals surface area contributed by atoms with Crippen molar-refractivity contribution in [3.05, 3.63) is 29.6 Å². The second kappa shape index (κ2) is 6.19. The first-order chi connectivity index (χ1) is 9.58. The van der Waals surface area contributed by atoms with Gasteiger partial charge in [-0.2, -0.15) is 0 Å². The van der Waals surface area contributed by atoms with Gasteiger partial charge in [0.25, 0.3) is 0 Å². The Bertz CT molecular complexity index is 486. The van der Waals surface area contributed by atoms with Gasteiger partial charge in [-0.3, -0.25) is 0 Å². The van der Waals surface area contributed by atoms with Crippen LogP contribution in [0.5, 0.6) is 5.75 Å². The average molecular weight is 283 g/mol. The number of carboxylic acids is 1. The predicted octanol–water partition coefficient (Wildman–Crippen LogP) is 1.66. The SMILES string of the molecule is NCC1(COc2cccc(F)c2C(=O)O)CCOCC1. The number of aromatic carboxylic acids is 1. The molecule has 1 aromatic carbocycles. The lowest BCUT2D eigenvalue weighted by atomic mass is 9.81. The zero-order chi connectivity index (χ0) is 14.6. The number of rotatable bonds is 5. The van der Waals surface area contributed by atoms with Crippen LogP contribution in [0.1, 0.15) is 23.2 Å². The highest BCUT2D eigenvalue weighted by Crippen LogP contribution is 2.31. The maximum Gasteiger partial charge on any atom is 0.342 e. The monoisotopic (exact) mass is 283 g/mol.